The molecule has 1 aromatic heterocycles. The molecule has 4 N–H and O–H groups in total. The molecule has 98 valence electrons. The molecular weight excluding hydrogens is 236 g/mol. The molecule has 0 aliphatic rings. The van der Waals surface area contributed by atoms with Crippen molar-refractivity contribution in [3.05, 3.63) is 17.8 Å². The summed E-state index contributed by atoms with van der Waals surface area (Å²) >= 11 is 0. The topological polar surface area (TPSA) is 118 Å². The lowest BCUT2D eigenvalue weighted by molar-refractivity contribution is -0.138. The predicted octanol–water partition coefficient (Wildman–Crippen LogP) is 0.631. The van der Waals surface area contributed by atoms with Gasteiger partial charge in [0.25, 0.3) is 5.91 Å². The van der Waals surface area contributed by atoms with Crippen molar-refractivity contribution in [2.45, 2.75) is 32.2 Å². The van der Waals surface area contributed by atoms with E-state index >= 15 is 0 Å². The Morgan fingerprint density at radius 2 is 2.17 bits per heavy atom. The minimum Gasteiger partial charge on any atom is -0.480 e. The van der Waals surface area contributed by atoms with Gasteiger partial charge in [-0.05, 0) is 18.6 Å². The van der Waals surface area contributed by atoms with Gasteiger partial charge in [0.05, 0.1) is 0 Å². The maximum Gasteiger partial charge on any atom is 0.326 e. The second kappa shape index (κ2) is 6.53. The maximum absolute atomic E-state index is 11.0. The van der Waals surface area contributed by atoms with Gasteiger partial charge in [-0.2, -0.15) is 0 Å². The number of carbonyl (C=O) groups excluding carboxylic acids is 1. The molecule has 7 heteroatoms. The number of carboxylic acid groups (broad SMARTS) is 1. The van der Waals surface area contributed by atoms with Crippen LogP contribution in [0.5, 0.6) is 0 Å². The molecular formula is C11H16N4O3. The summed E-state index contributed by atoms with van der Waals surface area (Å²) in [7, 11) is 0. The number of primary amides is 1. The molecule has 1 unspecified atom stereocenters. The molecule has 1 rings (SSSR count). The number of carboxylic acids is 1. The number of rotatable bonds is 7. The summed E-state index contributed by atoms with van der Waals surface area (Å²) < 4.78 is 0. The highest BCUT2D eigenvalue weighted by molar-refractivity contribution is 5.90. The third-order valence-electron chi connectivity index (χ3n) is 2.38. The Bertz CT molecular complexity index is 419. The van der Waals surface area contributed by atoms with Crippen LogP contribution < -0.4 is 11.1 Å². The van der Waals surface area contributed by atoms with Gasteiger partial charge in [-0.1, -0.05) is 19.8 Å². The van der Waals surface area contributed by atoms with Crippen molar-refractivity contribution in [3.8, 4) is 0 Å². The number of aromatic nitrogens is 2. The quantitative estimate of drug-likeness (QED) is 0.655. The Hall–Kier alpha value is -2.18. The molecule has 0 aliphatic carbocycles. The highest BCUT2D eigenvalue weighted by Gasteiger charge is 2.17. The van der Waals surface area contributed by atoms with Crippen LogP contribution in [-0.2, 0) is 4.79 Å². The van der Waals surface area contributed by atoms with Crippen LogP contribution in [0.25, 0.3) is 0 Å². The highest BCUT2D eigenvalue weighted by atomic mass is 16.4. The van der Waals surface area contributed by atoms with E-state index in [9.17, 15) is 9.59 Å². The second-order valence-electron chi connectivity index (χ2n) is 3.85. The van der Waals surface area contributed by atoms with Crippen molar-refractivity contribution < 1.29 is 14.7 Å². The van der Waals surface area contributed by atoms with Crippen molar-refractivity contribution >= 4 is 17.7 Å². The molecule has 1 heterocycles. The number of aliphatic carboxylic acids is 1. The van der Waals surface area contributed by atoms with Gasteiger partial charge in [-0.25, -0.2) is 4.79 Å². The largest absolute Gasteiger partial charge is 0.480 e. The number of anilines is 1. The molecule has 0 aliphatic heterocycles. The molecule has 0 aromatic carbocycles. The molecule has 0 radical (unpaired) electrons. The van der Waals surface area contributed by atoms with E-state index in [0.29, 0.717) is 12.2 Å². The van der Waals surface area contributed by atoms with Crippen molar-refractivity contribution in [1.29, 1.82) is 0 Å². The minimum atomic E-state index is -0.941. The maximum atomic E-state index is 11.0. The molecule has 18 heavy (non-hydrogen) atoms. The Labute approximate surface area is 104 Å². The highest BCUT2D eigenvalue weighted by Crippen LogP contribution is 2.09. The van der Waals surface area contributed by atoms with Crippen LogP contribution in [-0.4, -0.2) is 33.2 Å². The summed E-state index contributed by atoms with van der Waals surface area (Å²) in [6.45, 7) is 1.99. The Kier molecular flexibility index (Phi) is 5.04. The Morgan fingerprint density at radius 1 is 1.44 bits per heavy atom. The van der Waals surface area contributed by atoms with Gasteiger partial charge < -0.3 is 16.2 Å². The Balaban J connectivity index is 2.68. The normalized spacial score (nSPS) is 11.8. The zero-order chi connectivity index (χ0) is 13.5. The van der Waals surface area contributed by atoms with E-state index in [1.54, 1.807) is 0 Å². The van der Waals surface area contributed by atoms with Crippen molar-refractivity contribution in [3.63, 3.8) is 0 Å². The fraction of sp³-hybridized carbons (Fsp3) is 0.455. The zero-order valence-corrected chi connectivity index (χ0v) is 10.1. The number of amides is 1. The summed E-state index contributed by atoms with van der Waals surface area (Å²) in [4.78, 5) is 21.8. The third-order valence-corrected chi connectivity index (χ3v) is 2.38. The lowest BCUT2D eigenvalue weighted by atomic mass is 10.1. The molecule has 0 saturated heterocycles. The van der Waals surface area contributed by atoms with E-state index in [2.05, 4.69) is 15.5 Å². The van der Waals surface area contributed by atoms with E-state index in [1.807, 2.05) is 6.92 Å². The summed E-state index contributed by atoms with van der Waals surface area (Å²) in [5.41, 5.74) is 5.07. The van der Waals surface area contributed by atoms with Crippen LogP contribution in [0.2, 0.25) is 0 Å². The number of nitrogens with zero attached hydrogens (tertiary/aromatic N) is 2. The number of hydrogen-bond acceptors (Lipinski definition) is 5. The molecule has 0 saturated carbocycles. The first-order chi connectivity index (χ1) is 8.54. The fourth-order valence-electron chi connectivity index (χ4n) is 1.38. The van der Waals surface area contributed by atoms with Crippen LogP contribution in [0, 0.1) is 0 Å². The molecule has 0 spiro atoms. The van der Waals surface area contributed by atoms with E-state index < -0.39 is 17.9 Å². The number of hydrogen-bond donors (Lipinski definition) is 3. The van der Waals surface area contributed by atoms with Crippen LogP contribution >= 0.6 is 0 Å². The van der Waals surface area contributed by atoms with E-state index in [0.717, 1.165) is 12.8 Å². The second-order valence-corrected chi connectivity index (χ2v) is 3.85. The number of carbonyl (C=O) groups is 2. The van der Waals surface area contributed by atoms with Crippen molar-refractivity contribution in [2.75, 3.05) is 5.32 Å². The summed E-state index contributed by atoms with van der Waals surface area (Å²) in [6, 6.07) is 2.17. The number of unbranched alkanes of at least 4 members (excludes halogenated alkanes) is 1. The van der Waals surface area contributed by atoms with Crippen molar-refractivity contribution in [2.24, 2.45) is 5.73 Å². The van der Waals surface area contributed by atoms with E-state index in [1.165, 1.54) is 12.1 Å². The minimum absolute atomic E-state index is 0.0426. The molecule has 0 bridgehead atoms. The van der Waals surface area contributed by atoms with E-state index in [4.69, 9.17) is 10.8 Å². The Morgan fingerprint density at radius 3 is 2.61 bits per heavy atom. The first-order valence-corrected chi connectivity index (χ1v) is 5.67. The molecule has 7 nitrogen and oxygen atoms in total. The van der Waals surface area contributed by atoms with Gasteiger partial charge in [-0.15, -0.1) is 10.2 Å². The lowest BCUT2D eigenvalue weighted by Crippen LogP contribution is -2.29. The first kappa shape index (κ1) is 13.9. The smallest absolute Gasteiger partial charge is 0.326 e. The zero-order valence-electron chi connectivity index (χ0n) is 10.1. The third kappa shape index (κ3) is 4.00. The average Bonchev–Trinajstić information content (AvgIpc) is 2.34. The van der Waals surface area contributed by atoms with Gasteiger partial charge >= 0.3 is 5.97 Å². The fourth-order valence-corrected chi connectivity index (χ4v) is 1.38. The summed E-state index contributed by atoms with van der Waals surface area (Å²) in [5.74, 6) is -1.30. The van der Waals surface area contributed by atoms with Gasteiger partial charge in [0.1, 0.15) is 11.9 Å². The van der Waals surface area contributed by atoms with Gasteiger partial charge in [0.15, 0.2) is 5.69 Å². The van der Waals surface area contributed by atoms with Crippen LogP contribution in [0.3, 0.4) is 0 Å². The molecule has 1 atom stereocenters. The lowest BCUT2D eigenvalue weighted by Gasteiger charge is -2.13. The van der Waals surface area contributed by atoms with Crippen molar-refractivity contribution in [1.82, 2.24) is 10.2 Å². The number of nitrogens with two attached hydrogens (primary N) is 1. The monoisotopic (exact) mass is 252 g/mol. The van der Waals surface area contributed by atoms with Crippen LogP contribution in [0.15, 0.2) is 12.1 Å². The SMILES string of the molecule is CCCCC(Nc1ccc(C(N)=O)nn1)C(=O)O. The van der Waals surface area contributed by atoms with Gasteiger partial charge in [-0.3, -0.25) is 4.79 Å². The van der Waals surface area contributed by atoms with Gasteiger partial charge in [0.2, 0.25) is 0 Å². The average molecular weight is 252 g/mol. The summed E-state index contributed by atoms with van der Waals surface area (Å²) in [6.07, 6.45) is 2.22. The first-order valence-electron chi connectivity index (χ1n) is 5.67. The van der Waals surface area contributed by atoms with Crippen LogP contribution in [0.1, 0.15) is 36.7 Å². The molecule has 1 aromatic rings. The summed E-state index contributed by atoms with van der Waals surface area (Å²) in [5, 5.41) is 19.1. The molecule has 0 fully saturated rings. The molecule has 1 amide bonds. The standard InChI is InChI=1S/C11H16N4O3/c1-2-3-4-8(11(17)18)13-9-6-5-7(10(12)16)14-15-9/h5-6,8H,2-4H2,1H3,(H2,12,16)(H,13,15)(H,17,18). The number of nitrogens with one attached hydrogen (secondary N) is 1. The van der Waals surface area contributed by atoms with Gasteiger partial charge in [0, 0.05) is 0 Å². The van der Waals surface area contributed by atoms with Crippen LogP contribution in [0.4, 0.5) is 5.82 Å². The van der Waals surface area contributed by atoms with E-state index in [-0.39, 0.29) is 5.69 Å². The predicted molar refractivity (Wildman–Crippen MR) is 65.1 cm³/mol.